The van der Waals surface area contributed by atoms with Crippen LogP contribution in [0.3, 0.4) is 0 Å². The second kappa shape index (κ2) is 7.47. The minimum atomic E-state index is -3.17. The van der Waals surface area contributed by atoms with E-state index < -0.39 is 10.0 Å². The lowest BCUT2D eigenvalue weighted by Gasteiger charge is -2.16. The maximum absolute atomic E-state index is 11.0. The van der Waals surface area contributed by atoms with E-state index in [0.29, 0.717) is 19.0 Å². The monoisotopic (exact) mass is 338 g/mol. The number of rotatable bonds is 6. The number of nitrogens with zero attached hydrogens (tertiary/aromatic N) is 1. The molecule has 2 rings (SSSR count). The van der Waals surface area contributed by atoms with E-state index in [1.165, 1.54) is 0 Å². The van der Waals surface area contributed by atoms with Crippen LogP contribution in [0.5, 0.6) is 0 Å². The van der Waals surface area contributed by atoms with Crippen LogP contribution < -0.4 is 15.4 Å². The molecule has 7 nitrogen and oxygen atoms in total. The Labute approximate surface area is 136 Å². The van der Waals surface area contributed by atoms with Crippen molar-refractivity contribution in [2.75, 3.05) is 26.4 Å². The average Bonchev–Trinajstić information content (AvgIpc) is 2.93. The third kappa shape index (κ3) is 5.26. The van der Waals surface area contributed by atoms with Crippen LogP contribution >= 0.6 is 0 Å². The van der Waals surface area contributed by atoms with E-state index in [1.807, 2.05) is 37.3 Å². The van der Waals surface area contributed by atoms with Crippen molar-refractivity contribution in [3.05, 3.63) is 36.1 Å². The maximum Gasteiger partial charge on any atom is 0.208 e. The Morgan fingerprint density at radius 3 is 2.70 bits per heavy atom. The van der Waals surface area contributed by atoms with Crippen molar-refractivity contribution in [2.45, 2.75) is 13.0 Å². The number of fused-ring (bicyclic) bond motifs is 1. The van der Waals surface area contributed by atoms with Gasteiger partial charge in [-0.25, -0.2) is 13.1 Å². The van der Waals surface area contributed by atoms with Crippen molar-refractivity contribution in [2.24, 2.45) is 4.99 Å². The Balaban J connectivity index is 1.90. The number of hydrogen-bond acceptors (Lipinski definition) is 4. The number of benzene rings is 1. The second-order valence-corrected chi connectivity index (χ2v) is 7.05. The summed E-state index contributed by atoms with van der Waals surface area (Å²) in [6, 6.07) is 9.74. The van der Waals surface area contributed by atoms with Crippen molar-refractivity contribution in [1.29, 1.82) is 0 Å². The molecule has 0 aliphatic carbocycles. The molecule has 0 fully saturated rings. The number of nitrogens with one attached hydrogen (secondary N) is 3. The molecular formula is C15H22N4O3S. The van der Waals surface area contributed by atoms with E-state index in [2.05, 4.69) is 20.3 Å². The van der Waals surface area contributed by atoms with Gasteiger partial charge in [0.25, 0.3) is 0 Å². The average molecular weight is 338 g/mol. The molecule has 0 saturated carbocycles. The third-order valence-electron chi connectivity index (χ3n) is 3.23. The molecule has 0 radical (unpaired) electrons. The van der Waals surface area contributed by atoms with Crippen LogP contribution in [0.25, 0.3) is 11.0 Å². The molecular weight excluding hydrogens is 316 g/mol. The van der Waals surface area contributed by atoms with Crippen LogP contribution in [0.15, 0.2) is 39.7 Å². The van der Waals surface area contributed by atoms with E-state index in [-0.39, 0.29) is 6.04 Å². The fourth-order valence-electron chi connectivity index (χ4n) is 2.10. The molecule has 23 heavy (non-hydrogen) atoms. The summed E-state index contributed by atoms with van der Waals surface area (Å²) in [5.74, 6) is 1.39. The zero-order valence-corrected chi connectivity index (χ0v) is 14.3. The van der Waals surface area contributed by atoms with Crippen LogP contribution in [-0.4, -0.2) is 40.8 Å². The van der Waals surface area contributed by atoms with Gasteiger partial charge in [0, 0.05) is 25.5 Å². The predicted molar refractivity (Wildman–Crippen MR) is 92.0 cm³/mol. The van der Waals surface area contributed by atoms with Crippen molar-refractivity contribution < 1.29 is 12.8 Å². The molecule has 1 unspecified atom stereocenters. The third-order valence-corrected chi connectivity index (χ3v) is 3.96. The molecule has 1 atom stereocenters. The number of sulfonamides is 1. The normalized spacial score (nSPS) is 14.0. The lowest BCUT2D eigenvalue weighted by atomic mass is 10.2. The maximum atomic E-state index is 11.0. The molecule has 0 bridgehead atoms. The largest absolute Gasteiger partial charge is 0.459 e. The second-order valence-electron chi connectivity index (χ2n) is 5.22. The molecule has 0 spiro atoms. The smallest absolute Gasteiger partial charge is 0.208 e. The van der Waals surface area contributed by atoms with Gasteiger partial charge in [0.2, 0.25) is 10.0 Å². The first-order chi connectivity index (χ1) is 10.9. The van der Waals surface area contributed by atoms with Crippen LogP contribution in [0.1, 0.15) is 18.7 Å². The molecule has 1 aromatic heterocycles. The molecule has 8 heteroatoms. The summed E-state index contributed by atoms with van der Waals surface area (Å²) in [6.45, 7) is 2.69. The van der Waals surface area contributed by atoms with E-state index >= 15 is 0 Å². The molecule has 2 aromatic rings. The lowest BCUT2D eigenvalue weighted by molar-refractivity contribution is 0.488. The summed E-state index contributed by atoms with van der Waals surface area (Å²) in [6.07, 6.45) is 1.13. The van der Waals surface area contributed by atoms with Gasteiger partial charge in [-0.2, -0.15) is 0 Å². The summed E-state index contributed by atoms with van der Waals surface area (Å²) in [7, 11) is -1.52. The van der Waals surface area contributed by atoms with Crippen LogP contribution in [0.2, 0.25) is 0 Å². The molecule has 126 valence electrons. The van der Waals surface area contributed by atoms with Gasteiger partial charge in [-0.05, 0) is 19.1 Å². The quantitative estimate of drug-likeness (QED) is 0.418. The number of hydrogen-bond donors (Lipinski definition) is 3. The van der Waals surface area contributed by atoms with Crippen molar-refractivity contribution in [3.63, 3.8) is 0 Å². The summed E-state index contributed by atoms with van der Waals surface area (Å²) in [5, 5.41) is 7.31. The summed E-state index contributed by atoms with van der Waals surface area (Å²) >= 11 is 0. The number of guanidine groups is 1. The van der Waals surface area contributed by atoms with Gasteiger partial charge in [0.1, 0.15) is 11.3 Å². The van der Waals surface area contributed by atoms with E-state index in [9.17, 15) is 8.42 Å². The summed E-state index contributed by atoms with van der Waals surface area (Å²) in [4.78, 5) is 4.12. The highest BCUT2D eigenvalue weighted by atomic mass is 32.2. The fourth-order valence-corrected chi connectivity index (χ4v) is 2.58. The molecule has 1 heterocycles. The highest BCUT2D eigenvalue weighted by molar-refractivity contribution is 7.88. The van der Waals surface area contributed by atoms with Crippen molar-refractivity contribution in [3.8, 4) is 0 Å². The Kier molecular flexibility index (Phi) is 5.62. The minimum absolute atomic E-state index is 0.0727. The van der Waals surface area contributed by atoms with Gasteiger partial charge < -0.3 is 15.1 Å². The van der Waals surface area contributed by atoms with Gasteiger partial charge in [-0.3, -0.25) is 4.99 Å². The molecule has 3 N–H and O–H groups in total. The first kappa shape index (κ1) is 17.3. The summed E-state index contributed by atoms with van der Waals surface area (Å²) in [5.41, 5.74) is 0.844. The van der Waals surface area contributed by atoms with Gasteiger partial charge >= 0.3 is 0 Å². The first-order valence-electron chi connectivity index (χ1n) is 7.29. The van der Waals surface area contributed by atoms with Gasteiger partial charge in [-0.15, -0.1) is 0 Å². The highest BCUT2D eigenvalue weighted by Crippen LogP contribution is 2.23. The lowest BCUT2D eigenvalue weighted by Crippen LogP contribution is -2.42. The molecule has 0 aliphatic rings. The molecule has 0 amide bonds. The van der Waals surface area contributed by atoms with E-state index in [1.54, 1.807) is 7.05 Å². The van der Waals surface area contributed by atoms with Crippen molar-refractivity contribution in [1.82, 2.24) is 15.4 Å². The zero-order valence-electron chi connectivity index (χ0n) is 13.5. The Morgan fingerprint density at radius 1 is 1.30 bits per heavy atom. The Bertz CT molecular complexity index is 750. The predicted octanol–water partition coefficient (Wildman–Crippen LogP) is 1.21. The van der Waals surface area contributed by atoms with Gasteiger partial charge in [-0.1, -0.05) is 18.2 Å². The standard InChI is InChI=1S/C15H22N4O3S/c1-11(14-10-12-6-4-5-7-13(12)22-14)19-15(16-2)17-8-9-18-23(3,20)21/h4-7,10-11,18H,8-9H2,1-3H3,(H2,16,17,19). The zero-order chi connectivity index (χ0) is 16.9. The highest BCUT2D eigenvalue weighted by Gasteiger charge is 2.12. The van der Waals surface area contributed by atoms with Crippen LogP contribution in [-0.2, 0) is 10.0 Å². The van der Waals surface area contributed by atoms with Crippen LogP contribution in [0.4, 0.5) is 0 Å². The minimum Gasteiger partial charge on any atom is -0.459 e. The SMILES string of the molecule is CN=C(NCCNS(C)(=O)=O)NC(C)c1cc2ccccc2o1. The first-order valence-corrected chi connectivity index (χ1v) is 9.18. The number of aliphatic imine (C=N–C) groups is 1. The van der Waals surface area contributed by atoms with E-state index in [0.717, 1.165) is 23.0 Å². The fraction of sp³-hybridized carbons (Fsp3) is 0.400. The van der Waals surface area contributed by atoms with Crippen molar-refractivity contribution >= 4 is 27.0 Å². The molecule has 1 aromatic carbocycles. The van der Waals surface area contributed by atoms with Crippen LogP contribution in [0, 0.1) is 0 Å². The number of furan rings is 1. The molecule has 0 saturated heterocycles. The van der Waals surface area contributed by atoms with E-state index in [4.69, 9.17) is 4.42 Å². The number of para-hydroxylation sites is 1. The Hall–Kier alpha value is -2.06. The molecule has 0 aliphatic heterocycles. The summed E-state index contributed by atoms with van der Waals surface area (Å²) < 4.78 is 30.2. The van der Waals surface area contributed by atoms with Gasteiger partial charge in [0.15, 0.2) is 5.96 Å². The topological polar surface area (TPSA) is 95.7 Å². The van der Waals surface area contributed by atoms with Gasteiger partial charge in [0.05, 0.1) is 12.3 Å². The Morgan fingerprint density at radius 2 is 2.04 bits per heavy atom.